The molecule has 0 saturated carbocycles. The maximum atomic E-state index is 13.2. The van der Waals surface area contributed by atoms with Crippen LogP contribution in [0.15, 0.2) is 42.5 Å². The number of H-pyrrole nitrogens is 1. The van der Waals surface area contributed by atoms with Gasteiger partial charge in [0.1, 0.15) is 12.4 Å². The molecular formula is C23H26F3N3O2. The van der Waals surface area contributed by atoms with Gasteiger partial charge < -0.3 is 10.1 Å². The van der Waals surface area contributed by atoms with Crippen LogP contribution in [0.25, 0.3) is 10.9 Å². The van der Waals surface area contributed by atoms with Crippen LogP contribution in [-0.2, 0) is 17.6 Å². The van der Waals surface area contributed by atoms with Crippen molar-refractivity contribution in [2.45, 2.75) is 52.3 Å². The summed E-state index contributed by atoms with van der Waals surface area (Å²) in [5.41, 5.74) is 0.0314. The monoisotopic (exact) mass is 433 g/mol. The summed E-state index contributed by atoms with van der Waals surface area (Å²) in [6, 6.07) is 10.4. The average molecular weight is 433 g/mol. The van der Waals surface area contributed by atoms with Crippen LogP contribution in [0.5, 0.6) is 5.75 Å². The SMILES string of the molecule is CCCC(CCC)C(=O)Nc1n[nH]c2ccc(OCc3ccccc3C(F)(F)F)cc12. The van der Waals surface area contributed by atoms with E-state index in [1.807, 2.05) is 13.8 Å². The van der Waals surface area contributed by atoms with E-state index in [0.717, 1.165) is 31.7 Å². The summed E-state index contributed by atoms with van der Waals surface area (Å²) >= 11 is 0. The Kier molecular flexibility index (Phi) is 7.20. The van der Waals surface area contributed by atoms with Gasteiger partial charge in [-0.05, 0) is 37.1 Å². The molecule has 0 aliphatic carbocycles. The first kappa shape index (κ1) is 22.7. The zero-order chi connectivity index (χ0) is 22.4. The van der Waals surface area contributed by atoms with Crippen molar-refractivity contribution in [3.8, 4) is 5.75 Å². The Bertz CT molecular complexity index is 1020. The van der Waals surface area contributed by atoms with E-state index in [2.05, 4.69) is 15.5 Å². The number of hydrogen-bond acceptors (Lipinski definition) is 3. The molecule has 0 aliphatic heterocycles. The Labute approximate surface area is 179 Å². The third-order valence-corrected chi connectivity index (χ3v) is 5.14. The molecule has 0 saturated heterocycles. The quantitative estimate of drug-likeness (QED) is 0.415. The van der Waals surface area contributed by atoms with Crippen LogP contribution in [0, 0.1) is 5.92 Å². The largest absolute Gasteiger partial charge is 0.489 e. The van der Waals surface area contributed by atoms with Crippen molar-refractivity contribution >= 4 is 22.6 Å². The van der Waals surface area contributed by atoms with E-state index in [0.29, 0.717) is 22.5 Å². The van der Waals surface area contributed by atoms with Gasteiger partial charge >= 0.3 is 6.18 Å². The summed E-state index contributed by atoms with van der Waals surface area (Å²) in [6.45, 7) is 3.86. The Morgan fingerprint density at radius 1 is 1.13 bits per heavy atom. The van der Waals surface area contributed by atoms with Gasteiger partial charge in [-0.1, -0.05) is 44.9 Å². The van der Waals surface area contributed by atoms with E-state index in [1.54, 1.807) is 24.3 Å². The molecule has 3 aromatic rings. The van der Waals surface area contributed by atoms with Gasteiger partial charge in [-0.3, -0.25) is 9.89 Å². The number of carbonyl (C=O) groups is 1. The number of aromatic amines is 1. The number of fused-ring (bicyclic) bond motifs is 1. The molecule has 0 atom stereocenters. The van der Waals surface area contributed by atoms with Crippen molar-refractivity contribution < 1.29 is 22.7 Å². The first-order valence-electron chi connectivity index (χ1n) is 10.4. The Balaban J connectivity index is 1.77. The number of amides is 1. The van der Waals surface area contributed by atoms with Crippen LogP contribution >= 0.6 is 0 Å². The normalized spacial score (nSPS) is 11.8. The van der Waals surface area contributed by atoms with E-state index in [4.69, 9.17) is 4.74 Å². The Morgan fingerprint density at radius 2 is 1.84 bits per heavy atom. The molecule has 3 rings (SSSR count). The van der Waals surface area contributed by atoms with Crippen molar-refractivity contribution in [1.29, 1.82) is 0 Å². The number of nitrogens with one attached hydrogen (secondary N) is 2. The van der Waals surface area contributed by atoms with E-state index >= 15 is 0 Å². The number of alkyl halides is 3. The lowest BCUT2D eigenvalue weighted by Crippen LogP contribution is -2.23. The lowest BCUT2D eigenvalue weighted by Gasteiger charge is -2.14. The fourth-order valence-corrected chi connectivity index (χ4v) is 3.58. The zero-order valence-electron chi connectivity index (χ0n) is 17.6. The maximum Gasteiger partial charge on any atom is 0.416 e. The molecule has 2 aromatic carbocycles. The van der Waals surface area contributed by atoms with E-state index in [1.165, 1.54) is 12.1 Å². The van der Waals surface area contributed by atoms with Gasteiger partial charge in [-0.2, -0.15) is 18.3 Å². The third kappa shape index (κ3) is 5.57. The number of rotatable bonds is 9. The molecule has 1 amide bonds. The Hall–Kier alpha value is -3.03. The lowest BCUT2D eigenvalue weighted by atomic mass is 9.97. The second-order valence-electron chi connectivity index (χ2n) is 7.49. The first-order chi connectivity index (χ1) is 14.8. The van der Waals surface area contributed by atoms with Crippen LogP contribution in [-0.4, -0.2) is 16.1 Å². The molecule has 5 nitrogen and oxygen atoms in total. The molecule has 0 radical (unpaired) electrons. The van der Waals surface area contributed by atoms with Crippen LogP contribution in [0.1, 0.15) is 50.7 Å². The summed E-state index contributed by atoms with van der Waals surface area (Å²) in [5, 5.41) is 10.6. The van der Waals surface area contributed by atoms with Gasteiger partial charge in [0, 0.05) is 16.9 Å². The summed E-state index contributed by atoms with van der Waals surface area (Å²) in [6.07, 6.45) is -1.02. The van der Waals surface area contributed by atoms with Gasteiger partial charge in [0.2, 0.25) is 5.91 Å². The zero-order valence-corrected chi connectivity index (χ0v) is 17.6. The van der Waals surface area contributed by atoms with Gasteiger partial charge in [0.15, 0.2) is 5.82 Å². The smallest absolute Gasteiger partial charge is 0.416 e. The van der Waals surface area contributed by atoms with Crippen LogP contribution in [0.2, 0.25) is 0 Å². The van der Waals surface area contributed by atoms with Crippen molar-refractivity contribution in [2.75, 3.05) is 5.32 Å². The number of nitrogens with zero attached hydrogens (tertiary/aromatic N) is 1. The third-order valence-electron chi connectivity index (χ3n) is 5.14. The molecular weight excluding hydrogens is 407 g/mol. The minimum absolute atomic E-state index is 0.0535. The van der Waals surface area contributed by atoms with Crippen LogP contribution in [0.4, 0.5) is 19.0 Å². The molecule has 166 valence electrons. The predicted octanol–water partition coefficient (Wildman–Crippen LogP) is 6.32. The number of anilines is 1. The van der Waals surface area contributed by atoms with Gasteiger partial charge in [-0.25, -0.2) is 0 Å². The summed E-state index contributed by atoms with van der Waals surface area (Å²) < 4.78 is 45.2. The lowest BCUT2D eigenvalue weighted by molar-refractivity contribution is -0.138. The molecule has 0 aliphatic rings. The molecule has 1 heterocycles. The van der Waals surface area contributed by atoms with E-state index < -0.39 is 11.7 Å². The van der Waals surface area contributed by atoms with Crippen molar-refractivity contribution in [3.63, 3.8) is 0 Å². The van der Waals surface area contributed by atoms with E-state index in [9.17, 15) is 18.0 Å². The second-order valence-corrected chi connectivity index (χ2v) is 7.49. The van der Waals surface area contributed by atoms with Crippen LogP contribution < -0.4 is 10.1 Å². The number of aromatic nitrogens is 2. The molecule has 0 spiro atoms. The number of carbonyl (C=O) groups excluding carboxylic acids is 1. The number of ether oxygens (including phenoxy) is 1. The van der Waals surface area contributed by atoms with Crippen LogP contribution in [0.3, 0.4) is 0 Å². The highest BCUT2D eigenvalue weighted by molar-refractivity contribution is 6.00. The van der Waals surface area contributed by atoms with Crippen molar-refractivity contribution in [1.82, 2.24) is 10.2 Å². The minimum atomic E-state index is -4.45. The highest BCUT2D eigenvalue weighted by Crippen LogP contribution is 2.33. The highest BCUT2D eigenvalue weighted by atomic mass is 19.4. The standard InChI is InChI=1S/C23H26F3N3O2/c1-3-7-15(8-4-2)22(30)27-21-18-13-17(11-12-20(18)28-29-21)31-14-16-9-5-6-10-19(16)23(24,25)26/h5-6,9-13,15H,3-4,7-8,14H2,1-2H3,(H2,27,28,29,30). The molecule has 0 bridgehead atoms. The van der Waals surface area contributed by atoms with E-state index in [-0.39, 0.29) is 24.0 Å². The second kappa shape index (κ2) is 9.85. The summed E-state index contributed by atoms with van der Waals surface area (Å²) in [5.74, 6) is 0.612. The van der Waals surface area contributed by atoms with Gasteiger partial charge in [-0.15, -0.1) is 0 Å². The maximum absolute atomic E-state index is 13.2. The topological polar surface area (TPSA) is 67.0 Å². The minimum Gasteiger partial charge on any atom is -0.489 e. The first-order valence-corrected chi connectivity index (χ1v) is 10.4. The number of benzene rings is 2. The van der Waals surface area contributed by atoms with Gasteiger partial charge in [0.05, 0.1) is 11.1 Å². The van der Waals surface area contributed by atoms with Crippen molar-refractivity contribution in [3.05, 3.63) is 53.6 Å². The van der Waals surface area contributed by atoms with Crippen molar-refractivity contribution in [2.24, 2.45) is 5.92 Å². The number of hydrogen-bond donors (Lipinski definition) is 2. The Morgan fingerprint density at radius 3 is 2.52 bits per heavy atom. The summed E-state index contributed by atoms with van der Waals surface area (Å²) in [4.78, 5) is 12.7. The molecule has 1 aromatic heterocycles. The highest BCUT2D eigenvalue weighted by Gasteiger charge is 2.33. The molecule has 2 N–H and O–H groups in total. The molecule has 31 heavy (non-hydrogen) atoms. The fourth-order valence-electron chi connectivity index (χ4n) is 3.58. The summed E-state index contributed by atoms with van der Waals surface area (Å²) in [7, 11) is 0. The number of halogens is 3. The predicted molar refractivity (Wildman–Crippen MR) is 114 cm³/mol. The van der Waals surface area contributed by atoms with Gasteiger partial charge in [0.25, 0.3) is 0 Å². The average Bonchev–Trinajstić information content (AvgIpc) is 3.13. The molecule has 8 heteroatoms. The molecule has 0 unspecified atom stereocenters. The molecule has 0 fully saturated rings. The fraction of sp³-hybridized carbons (Fsp3) is 0.391.